The van der Waals surface area contributed by atoms with Crippen LogP contribution in [-0.2, 0) is 19.6 Å². The number of nitrogens with one attached hydrogen (secondary N) is 1. The van der Waals surface area contributed by atoms with Crippen molar-refractivity contribution in [1.29, 1.82) is 0 Å². The lowest BCUT2D eigenvalue weighted by molar-refractivity contribution is -0.119. The van der Waals surface area contributed by atoms with E-state index in [9.17, 15) is 18.0 Å². The summed E-state index contributed by atoms with van der Waals surface area (Å²) in [7, 11) is -3.73. The lowest BCUT2D eigenvalue weighted by Crippen LogP contribution is -2.31. The molecular formula is C24H32N2O5S. The molecule has 1 atom stereocenters. The van der Waals surface area contributed by atoms with Crippen molar-refractivity contribution in [1.82, 2.24) is 4.31 Å². The summed E-state index contributed by atoms with van der Waals surface area (Å²) in [6, 6.07) is 11.9. The van der Waals surface area contributed by atoms with Crippen LogP contribution in [0, 0.1) is 6.92 Å². The fourth-order valence-electron chi connectivity index (χ4n) is 3.37. The van der Waals surface area contributed by atoms with E-state index >= 15 is 0 Å². The standard InChI is InChI=1S/C24H32N2O5S/c1-6-17(4)20-11-9-10-12-21(20)25-23(27)16-31-24(28)19-14-13-18(5)22(15-19)32(29,30)26(7-2)8-3/h9-15,17H,6-8,16H2,1-5H3,(H,25,27)/t17-/m1/s1. The van der Waals surface area contributed by atoms with Crippen molar-refractivity contribution >= 4 is 27.6 Å². The van der Waals surface area contributed by atoms with E-state index in [-0.39, 0.29) is 16.4 Å². The fraction of sp³-hybridized carbons (Fsp3) is 0.417. The van der Waals surface area contributed by atoms with Gasteiger partial charge in [0.05, 0.1) is 10.5 Å². The summed E-state index contributed by atoms with van der Waals surface area (Å²) in [6.07, 6.45) is 0.925. The van der Waals surface area contributed by atoms with Crippen LogP contribution in [0.25, 0.3) is 0 Å². The normalized spacial score (nSPS) is 12.4. The number of hydrogen-bond donors (Lipinski definition) is 1. The van der Waals surface area contributed by atoms with Gasteiger partial charge in [-0.2, -0.15) is 4.31 Å². The first-order valence-electron chi connectivity index (χ1n) is 10.8. The average Bonchev–Trinajstić information content (AvgIpc) is 2.78. The second kappa shape index (κ2) is 11.2. The molecule has 0 aromatic heterocycles. The Morgan fingerprint density at radius 2 is 1.72 bits per heavy atom. The summed E-state index contributed by atoms with van der Waals surface area (Å²) in [6.45, 7) is 9.51. The van der Waals surface area contributed by atoms with Crippen LogP contribution in [0.5, 0.6) is 0 Å². The van der Waals surface area contributed by atoms with Crippen molar-refractivity contribution in [3.63, 3.8) is 0 Å². The predicted octanol–water partition coefficient (Wildman–Crippen LogP) is 4.33. The van der Waals surface area contributed by atoms with E-state index in [1.54, 1.807) is 26.8 Å². The molecule has 1 amide bonds. The number of ether oxygens (including phenoxy) is 1. The quantitative estimate of drug-likeness (QED) is 0.533. The zero-order valence-electron chi connectivity index (χ0n) is 19.3. The highest BCUT2D eigenvalue weighted by atomic mass is 32.2. The molecule has 174 valence electrons. The molecule has 0 saturated heterocycles. The number of amides is 1. The van der Waals surface area contributed by atoms with Crippen LogP contribution in [0.4, 0.5) is 5.69 Å². The van der Waals surface area contributed by atoms with Crippen LogP contribution in [0.1, 0.15) is 61.5 Å². The van der Waals surface area contributed by atoms with Crippen LogP contribution in [0.3, 0.4) is 0 Å². The lowest BCUT2D eigenvalue weighted by atomic mass is 9.97. The second-order valence-corrected chi connectivity index (χ2v) is 9.50. The molecule has 0 aliphatic rings. The van der Waals surface area contributed by atoms with Crippen molar-refractivity contribution in [3.05, 3.63) is 59.2 Å². The average molecular weight is 461 g/mol. The van der Waals surface area contributed by atoms with Crippen molar-refractivity contribution in [3.8, 4) is 0 Å². The topological polar surface area (TPSA) is 92.8 Å². The Morgan fingerprint density at radius 3 is 2.34 bits per heavy atom. The minimum Gasteiger partial charge on any atom is -0.452 e. The van der Waals surface area contributed by atoms with Gasteiger partial charge in [0.25, 0.3) is 5.91 Å². The Hall–Kier alpha value is -2.71. The molecule has 0 spiro atoms. The maximum Gasteiger partial charge on any atom is 0.338 e. The number of nitrogens with zero attached hydrogens (tertiary/aromatic N) is 1. The van der Waals surface area contributed by atoms with Gasteiger partial charge in [0, 0.05) is 18.8 Å². The minimum atomic E-state index is -3.73. The van der Waals surface area contributed by atoms with E-state index in [1.807, 2.05) is 24.3 Å². The molecule has 0 saturated carbocycles. The summed E-state index contributed by atoms with van der Waals surface area (Å²) in [5, 5.41) is 2.79. The molecule has 2 aromatic rings. The maximum atomic E-state index is 12.9. The summed E-state index contributed by atoms with van der Waals surface area (Å²) in [5.74, 6) is -0.948. The minimum absolute atomic E-state index is 0.0579. The molecule has 0 bridgehead atoms. The van der Waals surface area contributed by atoms with E-state index in [0.29, 0.717) is 24.3 Å². The van der Waals surface area contributed by atoms with Crippen molar-refractivity contribution in [2.45, 2.75) is 51.9 Å². The number of sulfonamides is 1. The summed E-state index contributed by atoms with van der Waals surface area (Å²) >= 11 is 0. The Labute approximate surface area is 190 Å². The monoisotopic (exact) mass is 460 g/mol. The van der Waals surface area contributed by atoms with Gasteiger partial charge in [-0.05, 0) is 48.6 Å². The molecule has 2 aromatic carbocycles. The van der Waals surface area contributed by atoms with Gasteiger partial charge in [-0.1, -0.05) is 52.0 Å². The van der Waals surface area contributed by atoms with Crippen LogP contribution < -0.4 is 5.32 Å². The Bertz CT molecular complexity index is 1060. The predicted molar refractivity (Wildman–Crippen MR) is 125 cm³/mol. The summed E-state index contributed by atoms with van der Waals surface area (Å²) in [4.78, 5) is 24.9. The molecular weight excluding hydrogens is 428 g/mol. The second-order valence-electron chi connectivity index (χ2n) is 7.59. The molecule has 7 nitrogen and oxygen atoms in total. The molecule has 0 heterocycles. The zero-order chi connectivity index (χ0) is 23.9. The largest absolute Gasteiger partial charge is 0.452 e. The Morgan fingerprint density at radius 1 is 1.06 bits per heavy atom. The molecule has 0 unspecified atom stereocenters. The molecule has 1 N–H and O–H groups in total. The Balaban J connectivity index is 2.12. The van der Waals surface area contributed by atoms with Gasteiger partial charge in [-0.15, -0.1) is 0 Å². The van der Waals surface area contributed by atoms with Gasteiger partial charge >= 0.3 is 5.97 Å². The molecule has 0 aliphatic carbocycles. The lowest BCUT2D eigenvalue weighted by Gasteiger charge is -2.20. The van der Waals surface area contributed by atoms with Gasteiger partial charge in [0.1, 0.15) is 0 Å². The highest BCUT2D eigenvalue weighted by molar-refractivity contribution is 7.89. The number of esters is 1. The third-order valence-corrected chi connectivity index (χ3v) is 7.65. The molecule has 8 heteroatoms. The Kier molecular flexibility index (Phi) is 8.98. The molecule has 0 fully saturated rings. The molecule has 2 rings (SSSR count). The first-order chi connectivity index (χ1) is 15.1. The van der Waals surface area contributed by atoms with Gasteiger partial charge in [0.15, 0.2) is 6.61 Å². The number of hydrogen-bond acceptors (Lipinski definition) is 5. The fourth-order valence-corrected chi connectivity index (χ4v) is 5.08. The van der Waals surface area contributed by atoms with E-state index in [4.69, 9.17) is 4.74 Å². The zero-order valence-corrected chi connectivity index (χ0v) is 20.2. The van der Waals surface area contributed by atoms with E-state index in [0.717, 1.165) is 12.0 Å². The maximum absolute atomic E-state index is 12.9. The van der Waals surface area contributed by atoms with Gasteiger partial charge in [-0.25, -0.2) is 13.2 Å². The van der Waals surface area contributed by atoms with Crippen molar-refractivity contribution in [2.75, 3.05) is 25.0 Å². The van der Waals surface area contributed by atoms with E-state index in [1.165, 1.54) is 16.4 Å². The third kappa shape index (κ3) is 5.95. The number of aryl methyl sites for hydroxylation is 1. The SMILES string of the molecule is CC[C@@H](C)c1ccccc1NC(=O)COC(=O)c1ccc(C)c(S(=O)(=O)N(CC)CC)c1. The van der Waals surface area contributed by atoms with Crippen molar-refractivity contribution < 1.29 is 22.7 Å². The number of carbonyl (C=O) groups is 2. The van der Waals surface area contributed by atoms with E-state index in [2.05, 4.69) is 19.2 Å². The van der Waals surface area contributed by atoms with Crippen molar-refractivity contribution in [2.24, 2.45) is 0 Å². The first kappa shape index (κ1) is 25.5. The first-order valence-corrected chi connectivity index (χ1v) is 12.3. The molecule has 0 radical (unpaired) electrons. The summed E-state index contributed by atoms with van der Waals surface area (Å²) < 4.78 is 32.2. The van der Waals surface area contributed by atoms with Crippen LogP contribution in [0.15, 0.2) is 47.4 Å². The number of benzene rings is 2. The number of rotatable bonds is 10. The van der Waals surface area contributed by atoms with Gasteiger partial charge < -0.3 is 10.1 Å². The highest BCUT2D eigenvalue weighted by Crippen LogP contribution is 2.26. The van der Waals surface area contributed by atoms with Crippen LogP contribution in [-0.4, -0.2) is 44.3 Å². The highest BCUT2D eigenvalue weighted by Gasteiger charge is 2.25. The van der Waals surface area contributed by atoms with Crippen LogP contribution >= 0.6 is 0 Å². The smallest absolute Gasteiger partial charge is 0.338 e. The molecule has 0 aliphatic heterocycles. The number of anilines is 1. The van der Waals surface area contributed by atoms with Crippen LogP contribution in [0.2, 0.25) is 0 Å². The number of para-hydroxylation sites is 1. The summed E-state index contributed by atoms with van der Waals surface area (Å²) in [5.41, 5.74) is 2.31. The third-order valence-electron chi connectivity index (χ3n) is 5.46. The number of carbonyl (C=O) groups excluding carboxylic acids is 2. The van der Waals surface area contributed by atoms with Gasteiger partial charge in [0.2, 0.25) is 10.0 Å². The molecule has 32 heavy (non-hydrogen) atoms. The van der Waals surface area contributed by atoms with Gasteiger partial charge in [-0.3, -0.25) is 4.79 Å². The van der Waals surface area contributed by atoms with E-state index < -0.39 is 28.5 Å².